The molecule has 7 heteroatoms. The number of hydrogen-bond acceptors (Lipinski definition) is 6. The zero-order chi connectivity index (χ0) is 15.1. The van der Waals surface area contributed by atoms with Crippen LogP contribution < -0.4 is 5.32 Å². The summed E-state index contributed by atoms with van der Waals surface area (Å²) in [4.78, 5) is 15.4. The maximum atomic E-state index is 11.2. The van der Waals surface area contributed by atoms with Crippen LogP contribution in [0.2, 0.25) is 5.02 Å². The Bertz CT molecular complexity index is 601. The van der Waals surface area contributed by atoms with Crippen LogP contribution in [0.1, 0.15) is 19.2 Å². The molecular formula is C14H16ClN3O3. The molecule has 0 aliphatic heterocycles. The highest BCUT2D eigenvalue weighted by Gasteiger charge is 2.11. The molecule has 1 heterocycles. The van der Waals surface area contributed by atoms with Gasteiger partial charge in [-0.05, 0) is 19.1 Å². The van der Waals surface area contributed by atoms with Gasteiger partial charge in [0.2, 0.25) is 0 Å². The van der Waals surface area contributed by atoms with E-state index in [1.165, 1.54) is 0 Å². The van der Waals surface area contributed by atoms with Gasteiger partial charge in [0, 0.05) is 6.54 Å². The standard InChI is InChI=1S/C14H16ClN3O3/c1-2-20-13(19)7-8-16-9-12-17-14(21-18-12)10-5-3-4-6-11(10)15/h3-6,16H,2,7-9H2,1H3. The van der Waals surface area contributed by atoms with Crippen molar-refractivity contribution in [3.05, 3.63) is 35.1 Å². The van der Waals surface area contributed by atoms with Gasteiger partial charge in [0.05, 0.1) is 30.2 Å². The summed E-state index contributed by atoms with van der Waals surface area (Å²) >= 11 is 6.06. The lowest BCUT2D eigenvalue weighted by Crippen LogP contribution is -2.19. The van der Waals surface area contributed by atoms with Crippen LogP contribution in [-0.4, -0.2) is 29.3 Å². The molecule has 0 amide bonds. The zero-order valence-corrected chi connectivity index (χ0v) is 12.4. The largest absolute Gasteiger partial charge is 0.466 e. The van der Waals surface area contributed by atoms with E-state index in [0.717, 1.165) is 0 Å². The van der Waals surface area contributed by atoms with E-state index in [2.05, 4.69) is 15.5 Å². The van der Waals surface area contributed by atoms with Gasteiger partial charge in [0.1, 0.15) is 0 Å². The third kappa shape index (κ3) is 4.54. The number of nitrogens with one attached hydrogen (secondary N) is 1. The topological polar surface area (TPSA) is 77.2 Å². The molecule has 6 nitrogen and oxygen atoms in total. The number of carbonyl (C=O) groups is 1. The van der Waals surface area contributed by atoms with Gasteiger partial charge in [-0.3, -0.25) is 4.79 Å². The molecule has 0 spiro atoms. The van der Waals surface area contributed by atoms with E-state index in [9.17, 15) is 4.79 Å². The SMILES string of the molecule is CCOC(=O)CCNCc1noc(-c2ccccc2Cl)n1. The van der Waals surface area contributed by atoms with E-state index in [4.69, 9.17) is 20.9 Å². The number of rotatable bonds is 7. The first-order valence-corrected chi connectivity index (χ1v) is 7.02. The van der Waals surface area contributed by atoms with E-state index in [1.807, 2.05) is 18.2 Å². The average Bonchev–Trinajstić information content (AvgIpc) is 2.93. The van der Waals surface area contributed by atoms with Gasteiger partial charge < -0.3 is 14.6 Å². The monoisotopic (exact) mass is 309 g/mol. The Morgan fingerprint density at radius 3 is 3.00 bits per heavy atom. The van der Waals surface area contributed by atoms with Crippen molar-refractivity contribution in [3.63, 3.8) is 0 Å². The predicted molar refractivity (Wildman–Crippen MR) is 77.7 cm³/mol. The number of ether oxygens (including phenoxy) is 1. The van der Waals surface area contributed by atoms with E-state index in [1.54, 1.807) is 13.0 Å². The Hall–Kier alpha value is -1.92. The number of nitrogens with zero attached hydrogens (tertiary/aromatic N) is 2. The van der Waals surface area contributed by atoms with Crippen molar-refractivity contribution in [3.8, 4) is 11.5 Å². The summed E-state index contributed by atoms with van der Waals surface area (Å²) < 4.78 is 10.00. The number of benzene rings is 1. The summed E-state index contributed by atoms with van der Waals surface area (Å²) in [6, 6.07) is 7.26. The molecule has 2 aromatic rings. The maximum absolute atomic E-state index is 11.2. The van der Waals surface area contributed by atoms with Gasteiger partial charge in [0.25, 0.3) is 5.89 Å². The van der Waals surface area contributed by atoms with Crippen LogP contribution in [0.25, 0.3) is 11.5 Å². The van der Waals surface area contributed by atoms with Crippen LogP contribution in [0, 0.1) is 0 Å². The molecule has 1 aromatic carbocycles. The fourth-order valence-corrected chi connectivity index (χ4v) is 1.91. The maximum Gasteiger partial charge on any atom is 0.307 e. The molecule has 0 radical (unpaired) electrons. The van der Waals surface area contributed by atoms with Crippen LogP contribution in [0.4, 0.5) is 0 Å². The molecule has 0 unspecified atom stereocenters. The fraction of sp³-hybridized carbons (Fsp3) is 0.357. The zero-order valence-electron chi connectivity index (χ0n) is 11.6. The third-order valence-electron chi connectivity index (χ3n) is 2.67. The lowest BCUT2D eigenvalue weighted by molar-refractivity contribution is -0.142. The van der Waals surface area contributed by atoms with Crippen molar-refractivity contribution in [2.45, 2.75) is 19.9 Å². The van der Waals surface area contributed by atoms with Crippen molar-refractivity contribution >= 4 is 17.6 Å². The average molecular weight is 310 g/mol. The summed E-state index contributed by atoms with van der Waals surface area (Å²) in [5.41, 5.74) is 0.699. The molecule has 21 heavy (non-hydrogen) atoms. The Balaban J connectivity index is 1.84. The lowest BCUT2D eigenvalue weighted by atomic mass is 10.2. The smallest absolute Gasteiger partial charge is 0.307 e. The Morgan fingerprint density at radius 1 is 1.43 bits per heavy atom. The number of esters is 1. The second-order valence-electron chi connectivity index (χ2n) is 4.23. The van der Waals surface area contributed by atoms with E-state index in [-0.39, 0.29) is 5.97 Å². The second kappa shape index (κ2) is 7.75. The molecule has 2 rings (SSSR count). The number of carbonyl (C=O) groups excluding carboxylic acids is 1. The summed E-state index contributed by atoms with van der Waals surface area (Å²) in [5.74, 6) is 0.659. The predicted octanol–water partition coefficient (Wildman–Crippen LogP) is 2.43. The molecule has 1 N–H and O–H groups in total. The van der Waals surface area contributed by atoms with Crippen molar-refractivity contribution in [1.29, 1.82) is 0 Å². The minimum absolute atomic E-state index is 0.227. The highest BCUT2D eigenvalue weighted by molar-refractivity contribution is 6.33. The molecular weight excluding hydrogens is 294 g/mol. The molecule has 0 aliphatic rings. The number of halogens is 1. The summed E-state index contributed by atoms with van der Waals surface area (Å²) in [5, 5.41) is 7.47. The van der Waals surface area contributed by atoms with Gasteiger partial charge >= 0.3 is 5.97 Å². The minimum atomic E-state index is -0.227. The van der Waals surface area contributed by atoms with Crippen LogP contribution in [-0.2, 0) is 16.1 Å². The molecule has 112 valence electrons. The van der Waals surface area contributed by atoms with Crippen LogP contribution in [0.3, 0.4) is 0 Å². The highest BCUT2D eigenvalue weighted by Crippen LogP contribution is 2.25. The second-order valence-corrected chi connectivity index (χ2v) is 4.63. The lowest BCUT2D eigenvalue weighted by Gasteiger charge is -2.01. The Morgan fingerprint density at radius 2 is 2.24 bits per heavy atom. The van der Waals surface area contributed by atoms with Gasteiger partial charge in [-0.15, -0.1) is 0 Å². The van der Waals surface area contributed by atoms with Crippen LogP contribution in [0.15, 0.2) is 28.8 Å². The third-order valence-corrected chi connectivity index (χ3v) is 3.00. The molecule has 0 saturated heterocycles. The highest BCUT2D eigenvalue weighted by atomic mass is 35.5. The van der Waals surface area contributed by atoms with E-state index < -0.39 is 0 Å². The molecule has 0 saturated carbocycles. The molecule has 0 atom stereocenters. The van der Waals surface area contributed by atoms with Gasteiger partial charge in [-0.1, -0.05) is 28.9 Å². The molecule has 0 bridgehead atoms. The molecule has 0 aliphatic carbocycles. The first kappa shape index (κ1) is 15.5. The first-order valence-electron chi connectivity index (χ1n) is 6.64. The number of hydrogen-bond donors (Lipinski definition) is 1. The summed E-state index contributed by atoms with van der Waals surface area (Å²) in [7, 11) is 0. The fourth-order valence-electron chi connectivity index (χ4n) is 1.69. The Labute approximate surface area is 127 Å². The summed E-state index contributed by atoms with van der Waals surface area (Å²) in [6.07, 6.45) is 0.309. The van der Waals surface area contributed by atoms with E-state index >= 15 is 0 Å². The van der Waals surface area contributed by atoms with E-state index in [0.29, 0.717) is 48.4 Å². The van der Waals surface area contributed by atoms with Gasteiger partial charge in [-0.2, -0.15) is 4.98 Å². The van der Waals surface area contributed by atoms with Crippen LogP contribution >= 0.6 is 11.6 Å². The molecule has 0 fully saturated rings. The van der Waals surface area contributed by atoms with Crippen LogP contribution in [0.5, 0.6) is 0 Å². The van der Waals surface area contributed by atoms with Crippen molar-refractivity contribution < 1.29 is 14.1 Å². The van der Waals surface area contributed by atoms with Crippen molar-refractivity contribution in [2.24, 2.45) is 0 Å². The number of aromatic nitrogens is 2. The summed E-state index contributed by atoms with van der Waals surface area (Å²) in [6.45, 7) is 3.08. The molecule has 1 aromatic heterocycles. The minimum Gasteiger partial charge on any atom is -0.466 e. The first-order chi connectivity index (χ1) is 10.2. The van der Waals surface area contributed by atoms with Gasteiger partial charge in [0.15, 0.2) is 5.82 Å². The van der Waals surface area contributed by atoms with Gasteiger partial charge in [-0.25, -0.2) is 0 Å². The normalized spacial score (nSPS) is 10.6. The van der Waals surface area contributed by atoms with Crippen molar-refractivity contribution in [2.75, 3.05) is 13.2 Å². The quantitative estimate of drug-likeness (QED) is 0.625. The van der Waals surface area contributed by atoms with Crippen molar-refractivity contribution in [1.82, 2.24) is 15.5 Å². The Kier molecular flexibility index (Phi) is 5.71.